The number of likely N-dealkylation sites (tertiary alicyclic amines) is 1. The molecule has 0 atom stereocenters. The van der Waals surface area contributed by atoms with E-state index in [1.54, 1.807) is 24.7 Å². The molecule has 4 heterocycles. The van der Waals surface area contributed by atoms with Crippen LogP contribution in [0, 0.1) is 0 Å². The van der Waals surface area contributed by atoms with E-state index in [1.165, 1.54) is 23.1 Å². The van der Waals surface area contributed by atoms with Crippen LogP contribution >= 0.6 is 11.6 Å². The van der Waals surface area contributed by atoms with E-state index >= 15 is 0 Å². The van der Waals surface area contributed by atoms with Crippen LogP contribution in [0.2, 0.25) is 5.02 Å². The predicted molar refractivity (Wildman–Crippen MR) is 131 cm³/mol. The lowest BCUT2D eigenvalue weighted by atomic mass is 10.0. The van der Waals surface area contributed by atoms with Gasteiger partial charge in [-0.2, -0.15) is 18.3 Å². The first kappa shape index (κ1) is 23.9. The highest BCUT2D eigenvalue weighted by Gasteiger charge is 2.32. The molecule has 1 aliphatic rings. The minimum Gasteiger partial charge on any atom is -0.465 e. The molecule has 0 bridgehead atoms. The number of amides is 1. The number of carbonyl (C=O) groups is 1. The highest BCUT2D eigenvalue weighted by atomic mass is 35.5. The summed E-state index contributed by atoms with van der Waals surface area (Å²) in [5, 5.41) is 14.6. The van der Waals surface area contributed by atoms with Gasteiger partial charge in [-0.05, 0) is 42.7 Å². The number of piperidine rings is 1. The molecule has 11 heteroatoms. The van der Waals surface area contributed by atoms with E-state index < -0.39 is 17.8 Å². The lowest BCUT2D eigenvalue weighted by Gasteiger charge is -2.30. The Hall–Kier alpha value is -3.79. The van der Waals surface area contributed by atoms with E-state index in [0.29, 0.717) is 37.1 Å². The SMILES string of the molecule is O=C(O)N1CCC(n2cc(-c3cnc4[nH]cc(/C=C/c5cc(Cl)ccc5C(F)(F)F)c4c3)cn2)CC1. The van der Waals surface area contributed by atoms with Crippen molar-refractivity contribution in [1.29, 1.82) is 0 Å². The van der Waals surface area contributed by atoms with Crippen molar-refractivity contribution in [2.45, 2.75) is 25.1 Å². The molecule has 0 radical (unpaired) electrons. The van der Waals surface area contributed by atoms with Crippen LogP contribution in [0.3, 0.4) is 0 Å². The van der Waals surface area contributed by atoms with E-state index in [2.05, 4.69) is 15.1 Å². The van der Waals surface area contributed by atoms with E-state index in [9.17, 15) is 18.0 Å². The van der Waals surface area contributed by atoms with Crippen molar-refractivity contribution >= 4 is 40.9 Å². The fourth-order valence-electron chi connectivity index (χ4n) is 4.44. The first-order valence-electron chi connectivity index (χ1n) is 11.2. The van der Waals surface area contributed by atoms with Gasteiger partial charge in [0.1, 0.15) is 5.65 Å². The molecule has 1 aliphatic heterocycles. The number of alkyl halides is 3. The van der Waals surface area contributed by atoms with Gasteiger partial charge >= 0.3 is 12.3 Å². The molecule has 5 rings (SSSR count). The molecule has 1 fully saturated rings. The van der Waals surface area contributed by atoms with Crippen molar-refractivity contribution in [3.8, 4) is 11.1 Å². The van der Waals surface area contributed by atoms with E-state index in [4.69, 9.17) is 16.7 Å². The summed E-state index contributed by atoms with van der Waals surface area (Å²) in [6.45, 7) is 0.925. The highest BCUT2D eigenvalue weighted by Crippen LogP contribution is 2.35. The van der Waals surface area contributed by atoms with Gasteiger partial charge in [0, 0.05) is 58.8 Å². The van der Waals surface area contributed by atoms with Gasteiger partial charge in [-0.15, -0.1) is 0 Å². The Bertz CT molecular complexity index is 1450. The van der Waals surface area contributed by atoms with Crippen LogP contribution in [-0.2, 0) is 6.18 Å². The summed E-state index contributed by atoms with van der Waals surface area (Å²) in [5.41, 5.74) is 2.15. The van der Waals surface area contributed by atoms with Crippen molar-refractivity contribution in [2.24, 2.45) is 0 Å². The van der Waals surface area contributed by atoms with Crippen molar-refractivity contribution in [2.75, 3.05) is 13.1 Å². The average molecular weight is 516 g/mol. The summed E-state index contributed by atoms with van der Waals surface area (Å²) in [4.78, 5) is 20.0. The van der Waals surface area contributed by atoms with E-state index in [1.807, 2.05) is 16.9 Å². The number of hydrogen-bond donors (Lipinski definition) is 2. The van der Waals surface area contributed by atoms with Gasteiger partial charge < -0.3 is 15.0 Å². The zero-order valence-electron chi connectivity index (χ0n) is 18.8. The molecule has 1 saturated heterocycles. The van der Waals surface area contributed by atoms with Gasteiger partial charge in [0.2, 0.25) is 0 Å². The molecule has 1 amide bonds. The maximum Gasteiger partial charge on any atom is 0.416 e. The van der Waals surface area contributed by atoms with Gasteiger partial charge in [0.15, 0.2) is 0 Å². The minimum absolute atomic E-state index is 0.0244. The monoisotopic (exact) mass is 515 g/mol. The van der Waals surface area contributed by atoms with Crippen LogP contribution in [0.25, 0.3) is 34.3 Å². The smallest absolute Gasteiger partial charge is 0.416 e. The maximum absolute atomic E-state index is 13.4. The van der Waals surface area contributed by atoms with Gasteiger partial charge in [0.05, 0.1) is 17.8 Å². The fraction of sp³-hybridized carbons (Fsp3) is 0.240. The van der Waals surface area contributed by atoms with Crippen LogP contribution in [0.5, 0.6) is 0 Å². The summed E-state index contributed by atoms with van der Waals surface area (Å²) >= 11 is 5.94. The largest absolute Gasteiger partial charge is 0.465 e. The first-order chi connectivity index (χ1) is 17.2. The van der Waals surface area contributed by atoms with Crippen molar-refractivity contribution in [3.05, 3.63) is 70.8 Å². The first-order valence-corrected chi connectivity index (χ1v) is 11.6. The predicted octanol–water partition coefficient (Wildman–Crippen LogP) is 6.58. The summed E-state index contributed by atoms with van der Waals surface area (Å²) < 4.78 is 42.1. The van der Waals surface area contributed by atoms with Crippen LogP contribution in [0.4, 0.5) is 18.0 Å². The van der Waals surface area contributed by atoms with Crippen molar-refractivity contribution < 1.29 is 23.1 Å². The van der Waals surface area contributed by atoms with Gasteiger partial charge in [0.25, 0.3) is 0 Å². The third-order valence-electron chi connectivity index (χ3n) is 6.37. The second-order valence-electron chi connectivity index (χ2n) is 8.64. The molecule has 0 spiro atoms. The molecular formula is C25H21ClF3N5O2. The third-order valence-corrected chi connectivity index (χ3v) is 6.60. The normalized spacial score (nSPS) is 15.3. The number of pyridine rings is 1. The Morgan fingerprint density at radius 1 is 1.11 bits per heavy atom. The van der Waals surface area contributed by atoms with Gasteiger partial charge in [-0.1, -0.05) is 23.8 Å². The molecule has 4 aromatic rings. The molecule has 36 heavy (non-hydrogen) atoms. The molecule has 7 nitrogen and oxygen atoms in total. The van der Waals surface area contributed by atoms with Crippen LogP contribution in [0.1, 0.15) is 35.6 Å². The molecule has 1 aromatic carbocycles. The second kappa shape index (κ2) is 9.34. The number of carboxylic acid groups (broad SMARTS) is 1. The Kier molecular flexibility index (Phi) is 6.21. The number of hydrogen-bond acceptors (Lipinski definition) is 3. The highest BCUT2D eigenvalue weighted by molar-refractivity contribution is 6.30. The second-order valence-corrected chi connectivity index (χ2v) is 9.07. The van der Waals surface area contributed by atoms with Crippen molar-refractivity contribution in [1.82, 2.24) is 24.6 Å². The number of aromatic amines is 1. The quantitative estimate of drug-likeness (QED) is 0.321. The lowest BCUT2D eigenvalue weighted by molar-refractivity contribution is -0.137. The van der Waals surface area contributed by atoms with Crippen LogP contribution in [-0.4, -0.2) is 48.9 Å². The zero-order chi connectivity index (χ0) is 25.4. The number of nitrogens with zero attached hydrogens (tertiary/aromatic N) is 4. The number of benzene rings is 1. The number of aromatic nitrogens is 4. The summed E-state index contributed by atoms with van der Waals surface area (Å²) in [5.74, 6) is 0. The van der Waals surface area contributed by atoms with Gasteiger partial charge in [-0.3, -0.25) is 4.68 Å². The third kappa shape index (κ3) is 4.81. The van der Waals surface area contributed by atoms with Crippen molar-refractivity contribution in [3.63, 3.8) is 0 Å². The molecule has 3 aromatic heterocycles. The molecule has 0 saturated carbocycles. The fourth-order valence-corrected chi connectivity index (χ4v) is 4.62. The van der Waals surface area contributed by atoms with Crippen LogP contribution in [0.15, 0.2) is 49.1 Å². The zero-order valence-corrected chi connectivity index (χ0v) is 19.6. The van der Waals surface area contributed by atoms with Gasteiger partial charge in [-0.25, -0.2) is 9.78 Å². The summed E-state index contributed by atoms with van der Waals surface area (Å²) in [6.07, 6.45) is 6.00. The molecule has 186 valence electrons. The maximum atomic E-state index is 13.4. The number of rotatable bonds is 4. The Labute approximate surface area is 208 Å². The number of halogens is 4. The molecule has 0 unspecified atom stereocenters. The lowest BCUT2D eigenvalue weighted by Crippen LogP contribution is -2.38. The Balaban J connectivity index is 1.41. The topological polar surface area (TPSA) is 87.0 Å². The van der Waals surface area contributed by atoms with E-state index in [0.717, 1.165) is 22.6 Å². The number of fused-ring (bicyclic) bond motifs is 1. The summed E-state index contributed by atoms with van der Waals surface area (Å²) in [6, 6.07) is 5.50. The van der Waals surface area contributed by atoms with Crippen LogP contribution < -0.4 is 0 Å². The Morgan fingerprint density at radius 2 is 1.86 bits per heavy atom. The molecular weight excluding hydrogens is 495 g/mol. The average Bonchev–Trinajstić information content (AvgIpc) is 3.49. The molecule has 0 aliphatic carbocycles. The molecule has 2 N–H and O–H groups in total. The summed E-state index contributed by atoms with van der Waals surface area (Å²) in [7, 11) is 0. The minimum atomic E-state index is -4.50. The van der Waals surface area contributed by atoms with E-state index in [-0.39, 0.29) is 16.6 Å². The Morgan fingerprint density at radius 3 is 2.58 bits per heavy atom. The number of H-pyrrole nitrogens is 1. The standard InChI is InChI=1S/C25H21ClF3N5O2/c26-19-3-4-22(25(27,28)29)15(9-19)1-2-16-11-30-23-21(16)10-17(12-31-23)18-13-32-34(14-18)20-5-7-33(8-6-20)24(35)36/h1-4,9-14,20H,5-8H2,(H,30,31)(H,35,36)/b2-1+. The number of nitrogens with one attached hydrogen (secondary N) is 1.